The summed E-state index contributed by atoms with van der Waals surface area (Å²) in [4.78, 5) is 17.4. The number of anilines is 1. The minimum absolute atomic E-state index is 0.00232. The van der Waals surface area contributed by atoms with Gasteiger partial charge >= 0.3 is 0 Å². The van der Waals surface area contributed by atoms with Crippen molar-refractivity contribution in [3.05, 3.63) is 59.7 Å². The van der Waals surface area contributed by atoms with Gasteiger partial charge in [-0.1, -0.05) is 35.9 Å². The molecule has 2 heterocycles. The molecule has 0 bridgehead atoms. The summed E-state index contributed by atoms with van der Waals surface area (Å²) in [6.07, 6.45) is 2.00. The Balaban J connectivity index is 1.79. The van der Waals surface area contributed by atoms with Crippen LogP contribution in [0.15, 0.2) is 48.5 Å². The van der Waals surface area contributed by atoms with Gasteiger partial charge in [0.25, 0.3) is 0 Å². The molecule has 4 heteroatoms. The number of hydrogen-bond donors (Lipinski definition) is 0. The highest BCUT2D eigenvalue weighted by molar-refractivity contribution is 6.00. The smallest absolute Gasteiger partial charge is 0.246 e. The lowest BCUT2D eigenvalue weighted by atomic mass is 10.1. The van der Waals surface area contributed by atoms with E-state index in [0.717, 1.165) is 30.8 Å². The van der Waals surface area contributed by atoms with E-state index < -0.39 is 0 Å². The second-order valence-corrected chi connectivity index (χ2v) is 6.59. The Morgan fingerprint density at radius 2 is 1.92 bits per heavy atom. The highest BCUT2D eigenvalue weighted by Crippen LogP contribution is 2.42. The average molecular weight is 322 g/mol. The number of nitrogens with zero attached hydrogens (tertiary/aromatic N) is 2. The highest BCUT2D eigenvalue weighted by atomic mass is 16.5. The van der Waals surface area contributed by atoms with Gasteiger partial charge < -0.3 is 4.74 Å². The lowest BCUT2D eigenvalue weighted by Crippen LogP contribution is -2.32. The molecule has 2 aromatic rings. The van der Waals surface area contributed by atoms with Crippen LogP contribution in [0.5, 0.6) is 5.75 Å². The van der Waals surface area contributed by atoms with Crippen LogP contribution in [0.4, 0.5) is 5.69 Å². The van der Waals surface area contributed by atoms with Gasteiger partial charge in [0, 0.05) is 18.3 Å². The van der Waals surface area contributed by atoms with Crippen LogP contribution in [0.25, 0.3) is 0 Å². The Morgan fingerprint density at radius 3 is 2.67 bits per heavy atom. The number of benzene rings is 2. The van der Waals surface area contributed by atoms with E-state index in [9.17, 15) is 4.79 Å². The van der Waals surface area contributed by atoms with Crippen molar-refractivity contribution in [2.24, 2.45) is 0 Å². The van der Waals surface area contributed by atoms with E-state index in [4.69, 9.17) is 4.74 Å². The molecule has 2 aliphatic rings. The number of amides is 1. The third kappa shape index (κ3) is 2.38. The van der Waals surface area contributed by atoms with Gasteiger partial charge in [0.05, 0.1) is 13.2 Å². The molecule has 2 atom stereocenters. The van der Waals surface area contributed by atoms with Crippen LogP contribution in [0, 0.1) is 6.92 Å². The first-order valence-corrected chi connectivity index (χ1v) is 8.48. The van der Waals surface area contributed by atoms with E-state index >= 15 is 0 Å². The summed E-state index contributed by atoms with van der Waals surface area (Å²) in [5, 5.41) is 0. The van der Waals surface area contributed by atoms with Crippen molar-refractivity contribution in [3.63, 3.8) is 0 Å². The van der Waals surface area contributed by atoms with Gasteiger partial charge in [-0.2, -0.15) is 0 Å². The molecule has 4 rings (SSSR count). The SMILES string of the molecule is COc1cccc(N2C(=O)[C@H]3CCCN3[C@@H]2c2ccc(C)cc2)c1. The van der Waals surface area contributed by atoms with Crippen LogP contribution in [-0.4, -0.2) is 30.5 Å². The topological polar surface area (TPSA) is 32.8 Å². The Labute approximate surface area is 142 Å². The van der Waals surface area contributed by atoms with Crippen LogP contribution in [0.3, 0.4) is 0 Å². The molecule has 2 aromatic carbocycles. The first-order chi connectivity index (χ1) is 11.7. The van der Waals surface area contributed by atoms with Crippen molar-refractivity contribution in [2.75, 3.05) is 18.6 Å². The molecule has 0 aliphatic carbocycles. The number of carbonyl (C=O) groups is 1. The summed E-state index contributed by atoms with van der Waals surface area (Å²) in [7, 11) is 1.65. The van der Waals surface area contributed by atoms with E-state index in [0.29, 0.717) is 0 Å². The molecule has 24 heavy (non-hydrogen) atoms. The maximum atomic E-state index is 13.1. The van der Waals surface area contributed by atoms with Crippen molar-refractivity contribution in [1.82, 2.24) is 4.90 Å². The number of rotatable bonds is 3. The molecule has 0 saturated carbocycles. The van der Waals surface area contributed by atoms with Crippen molar-refractivity contribution < 1.29 is 9.53 Å². The van der Waals surface area contributed by atoms with Gasteiger partial charge in [-0.15, -0.1) is 0 Å². The maximum absolute atomic E-state index is 13.1. The standard InChI is InChI=1S/C20H22N2O2/c1-14-8-10-15(11-9-14)19-21-12-4-7-18(21)20(23)22(19)16-5-3-6-17(13-16)24-2/h3,5-6,8-11,13,18-19H,4,7,12H2,1-2H3/t18-,19+/m1/s1. The molecule has 1 amide bonds. The zero-order valence-corrected chi connectivity index (χ0v) is 14.1. The Morgan fingerprint density at radius 1 is 1.12 bits per heavy atom. The van der Waals surface area contributed by atoms with Crippen LogP contribution in [0.2, 0.25) is 0 Å². The molecular formula is C20H22N2O2. The fourth-order valence-electron chi connectivity index (χ4n) is 3.88. The number of methoxy groups -OCH3 is 1. The molecule has 2 saturated heterocycles. The van der Waals surface area contributed by atoms with Gasteiger partial charge in [-0.3, -0.25) is 14.6 Å². The second-order valence-electron chi connectivity index (χ2n) is 6.59. The first kappa shape index (κ1) is 15.2. The Kier molecular flexibility index (Phi) is 3.77. The summed E-state index contributed by atoms with van der Waals surface area (Å²) in [5.74, 6) is 0.973. The summed E-state index contributed by atoms with van der Waals surface area (Å²) in [6, 6.07) is 16.3. The van der Waals surface area contributed by atoms with E-state index in [1.807, 2.05) is 29.2 Å². The quantitative estimate of drug-likeness (QED) is 0.867. The molecule has 0 aromatic heterocycles. The Hall–Kier alpha value is -2.33. The second kappa shape index (κ2) is 5.95. The zero-order chi connectivity index (χ0) is 16.7. The molecule has 0 radical (unpaired) electrons. The molecular weight excluding hydrogens is 300 g/mol. The van der Waals surface area contributed by atoms with Crippen LogP contribution >= 0.6 is 0 Å². The largest absolute Gasteiger partial charge is 0.497 e. The minimum Gasteiger partial charge on any atom is -0.497 e. The van der Waals surface area contributed by atoms with E-state index in [2.05, 4.69) is 36.1 Å². The van der Waals surface area contributed by atoms with Crippen molar-refractivity contribution in [1.29, 1.82) is 0 Å². The molecule has 2 fully saturated rings. The Bertz CT molecular complexity index is 756. The minimum atomic E-state index is -0.0299. The third-order valence-electron chi connectivity index (χ3n) is 5.08. The van der Waals surface area contributed by atoms with Crippen molar-refractivity contribution >= 4 is 11.6 Å². The summed E-state index contributed by atoms with van der Waals surface area (Å²) >= 11 is 0. The molecule has 124 valence electrons. The molecule has 2 aliphatic heterocycles. The van der Waals surface area contributed by atoms with Crippen LogP contribution < -0.4 is 9.64 Å². The fourth-order valence-corrected chi connectivity index (χ4v) is 3.88. The van der Waals surface area contributed by atoms with Crippen LogP contribution in [-0.2, 0) is 4.79 Å². The van der Waals surface area contributed by atoms with E-state index in [1.54, 1.807) is 7.11 Å². The summed E-state index contributed by atoms with van der Waals surface area (Å²) < 4.78 is 5.35. The molecule has 4 nitrogen and oxygen atoms in total. The zero-order valence-electron chi connectivity index (χ0n) is 14.1. The lowest BCUT2D eigenvalue weighted by molar-refractivity contribution is -0.119. The van der Waals surface area contributed by atoms with Crippen molar-refractivity contribution in [3.8, 4) is 5.75 Å². The van der Waals surface area contributed by atoms with Gasteiger partial charge in [-0.05, 0) is 37.5 Å². The highest BCUT2D eigenvalue weighted by Gasteiger charge is 2.49. The predicted molar refractivity (Wildman–Crippen MR) is 94.1 cm³/mol. The number of fused-ring (bicyclic) bond motifs is 1. The van der Waals surface area contributed by atoms with E-state index in [-0.39, 0.29) is 18.1 Å². The summed E-state index contributed by atoms with van der Waals surface area (Å²) in [6.45, 7) is 3.05. The average Bonchev–Trinajstić information content (AvgIpc) is 3.18. The maximum Gasteiger partial charge on any atom is 0.246 e. The van der Waals surface area contributed by atoms with Crippen molar-refractivity contribution in [2.45, 2.75) is 32.0 Å². The molecule has 0 unspecified atom stereocenters. The number of aryl methyl sites for hydroxylation is 1. The first-order valence-electron chi connectivity index (χ1n) is 8.48. The lowest BCUT2D eigenvalue weighted by Gasteiger charge is -2.30. The molecule has 0 N–H and O–H groups in total. The predicted octanol–water partition coefficient (Wildman–Crippen LogP) is 3.51. The van der Waals surface area contributed by atoms with E-state index in [1.165, 1.54) is 11.1 Å². The fraction of sp³-hybridized carbons (Fsp3) is 0.350. The number of carbonyl (C=O) groups excluding carboxylic acids is 1. The number of ether oxygens (including phenoxy) is 1. The van der Waals surface area contributed by atoms with Gasteiger partial charge in [-0.25, -0.2) is 0 Å². The monoisotopic (exact) mass is 322 g/mol. The summed E-state index contributed by atoms with van der Waals surface area (Å²) in [5.41, 5.74) is 3.30. The van der Waals surface area contributed by atoms with Gasteiger partial charge in [0.15, 0.2) is 0 Å². The van der Waals surface area contributed by atoms with Crippen LogP contribution in [0.1, 0.15) is 30.1 Å². The third-order valence-corrected chi connectivity index (χ3v) is 5.08. The molecule has 0 spiro atoms. The number of hydrogen-bond acceptors (Lipinski definition) is 3. The normalized spacial score (nSPS) is 23.6. The van der Waals surface area contributed by atoms with Gasteiger partial charge in [0.1, 0.15) is 11.9 Å². The van der Waals surface area contributed by atoms with Gasteiger partial charge in [0.2, 0.25) is 5.91 Å².